The minimum atomic E-state index is -0.132. The number of rotatable bonds is 4. The average molecular weight is 338 g/mol. The Hall–Kier alpha value is -2.86. The van der Waals surface area contributed by atoms with Crippen molar-refractivity contribution in [1.82, 2.24) is 10.3 Å². The van der Waals surface area contributed by atoms with E-state index in [1.165, 1.54) is 11.3 Å². The van der Waals surface area contributed by atoms with Crippen molar-refractivity contribution in [3.63, 3.8) is 0 Å². The van der Waals surface area contributed by atoms with Crippen molar-refractivity contribution in [1.29, 1.82) is 0 Å². The van der Waals surface area contributed by atoms with Crippen molar-refractivity contribution in [2.45, 2.75) is 6.54 Å². The Morgan fingerprint density at radius 3 is 2.83 bits per heavy atom. The highest BCUT2D eigenvalue weighted by molar-refractivity contribution is 7.16. The summed E-state index contributed by atoms with van der Waals surface area (Å²) in [6.07, 6.45) is 1.61. The molecule has 0 aliphatic carbocycles. The summed E-state index contributed by atoms with van der Waals surface area (Å²) in [5.74, 6) is 1.32. The monoisotopic (exact) mass is 338 g/mol. The van der Waals surface area contributed by atoms with E-state index in [4.69, 9.17) is 9.47 Å². The fourth-order valence-electron chi connectivity index (χ4n) is 2.41. The van der Waals surface area contributed by atoms with Crippen molar-refractivity contribution in [2.24, 2.45) is 0 Å². The third-order valence-corrected chi connectivity index (χ3v) is 4.69. The summed E-state index contributed by atoms with van der Waals surface area (Å²) >= 11 is 1.38. The maximum atomic E-state index is 12.3. The number of nitrogens with one attached hydrogen (secondary N) is 1. The summed E-state index contributed by atoms with van der Waals surface area (Å²) in [7, 11) is 0. The van der Waals surface area contributed by atoms with Gasteiger partial charge in [0, 0.05) is 12.1 Å². The fraction of sp³-hybridized carbons (Fsp3) is 0.111. The van der Waals surface area contributed by atoms with Crippen LogP contribution in [0.2, 0.25) is 0 Å². The van der Waals surface area contributed by atoms with E-state index < -0.39 is 0 Å². The number of nitrogens with zero attached hydrogens (tertiary/aromatic N) is 1. The number of ether oxygens (including phenoxy) is 2. The quantitative estimate of drug-likeness (QED) is 0.791. The number of hydrogen-bond acceptors (Lipinski definition) is 5. The molecule has 0 saturated carbocycles. The van der Waals surface area contributed by atoms with E-state index in [0.29, 0.717) is 17.2 Å². The third kappa shape index (κ3) is 2.96. The number of carbonyl (C=O) groups is 1. The number of aromatic nitrogens is 1. The highest BCUT2D eigenvalue weighted by Gasteiger charge is 2.15. The van der Waals surface area contributed by atoms with Crippen LogP contribution in [-0.2, 0) is 6.54 Å². The molecule has 2 heterocycles. The molecule has 3 aromatic rings. The summed E-state index contributed by atoms with van der Waals surface area (Å²) in [5.41, 5.74) is 1.97. The number of thiazole rings is 1. The van der Waals surface area contributed by atoms with Crippen LogP contribution in [0.5, 0.6) is 11.5 Å². The topological polar surface area (TPSA) is 60.5 Å². The molecule has 0 spiro atoms. The standard InChI is InChI=1S/C18H14N2O3S/c21-17(16-10-20-18(24-16)13-4-2-1-3-5-13)19-9-12-6-7-14-15(8-12)23-11-22-14/h1-8,10H,9,11H2,(H,19,21). The molecular formula is C18H14N2O3S. The van der Waals surface area contributed by atoms with Crippen LogP contribution in [-0.4, -0.2) is 17.7 Å². The smallest absolute Gasteiger partial charge is 0.263 e. The van der Waals surface area contributed by atoms with E-state index >= 15 is 0 Å². The van der Waals surface area contributed by atoms with Gasteiger partial charge >= 0.3 is 0 Å². The Morgan fingerprint density at radius 1 is 1.12 bits per heavy atom. The second kappa shape index (κ2) is 6.33. The van der Waals surface area contributed by atoms with Crippen LogP contribution in [0.3, 0.4) is 0 Å². The first kappa shape index (κ1) is 14.7. The molecule has 0 unspecified atom stereocenters. The van der Waals surface area contributed by atoms with Gasteiger partial charge in [0.25, 0.3) is 5.91 Å². The van der Waals surface area contributed by atoms with E-state index in [1.54, 1.807) is 6.20 Å². The van der Waals surface area contributed by atoms with Gasteiger partial charge in [0.1, 0.15) is 9.88 Å². The van der Waals surface area contributed by atoms with E-state index in [1.807, 2.05) is 48.5 Å². The van der Waals surface area contributed by atoms with Crippen LogP contribution in [0.1, 0.15) is 15.2 Å². The minimum Gasteiger partial charge on any atom is -0.454 e. The van der Waals surface area contributed by atoms with Gasteiger partial charge in [0.05, 0.1) is 6.20 Å². The molecule has 120 valence electrons. The number of amides is 1. The lowest BCUT2D eigenvalue weighted by molar-refractivity contribution is 0.0954. The van der Waals surface area contributed by atoms with Gasteiger partial charge in [-0.15, -0.1) is 11.3 Å². The predicted octanol–water partition coefficient (Wildman–Crippen LogP) is 3.47. The van der Waals surface area contributed by atoms with Crippen molar-refractivity contribution >= 4 is 17.2 Å². The zero-order chi connectivity index (χ0) is 16.4. The first-order chi connectivity index (χ1) is 11.8. The molecule has 5 nitrogen and oxygen atoms in total. The van der Waals surface area contributed by atoms with Crippen molar-refractivity contribution in [2.75, 3.05) is 6.79 Å². The van der Waals surface area contributed by atoms with Gasteiger partial charge in [-0.1, -0.05) is 36.4 Å². The Balaban J connectivity index is 1.42. The second-order valence-corrected chi connectivity index (χ2v) is 6.30. The molecule has 1 aromatic heterocycles. The molecule has 1 aliphatic rings. The minimum absolute atomic E-state index is 0.132. The SMILES string of the molecule is O=C(NCc1ccc2c(c1)OCO2)c1cnc(-c2ccccc2)s1. The van der Waals surface area contributed by atoms with E-state index in [9.17, 15) is 4.79 Å². The maximum Gasteiger partial charge on any atom is 0.263 e. The summed E-state index contributed by atoms with van der Waals surface area (Å²) in [4.78, 5) is 17.2. The average Bonchev–Trinajstić information content (AvgIpc) is 3.29. The van der Waals surface area contributed by atoms with E-state index in [0.717, 1.165) is 21.9 Å². The molecular weight excluding hydrogens is 324 g/mol. The molecule has 0 atom stereocenters. The van der Waals surface area contributed by atoms with Gasteiger partial charge in [-0.25, -0.2) is 4.98 Å². The summed E-state index contributed by atoms with van der Waals surface area (Å²) < 4.78 is 10.6. The fourth-order valence-corrected chi connectivity index (χ4v) is 3.25. The van der Waals surface area contributed by atoms with Gasteiger partial charge in [-0.2, -0.15) is 0 Å². The lowest BCUT2D eigenvalue weighted by atomic mass is 10.2. The molecule has 0 saturated heterocycles. The summed E-state index contributed by atoms with van der Waals surface area (Å²) in [6, 6.07) is 15.5. The van der Waals surface area contributed by atoms with Crippen LogP contribution >= 0.6 is 11.3 Å². The number of benzene rings is 2. The van der Waals surface area contributed by atoms with Gasteiger partial charge in [0.2, 0.25) is 6.79 Å². The largest absolute Gasteiger partial charge is 0.454 e. The second-order valence-electron chi connectivity index (χ2n) is 5.27. The molecule has 0 bridgehead atoms. The highest BCUT2D eigenvalue weighted by atomic mass is 32.1. The normalized spacial score (nSPS) is 12.2. The zero-order valence-corrected chi connectivity index (χ0v) is 13.5. The van der Waals surface area contributed by atoms with Gasteiger partial charge in [-0.05, 0) is 17.7 Å². The van der Waals surface area contributed by atoms with Crippen LogP contribution < -0.4 is 14.8 Å². The lowest BCUT2D eigenvalue weighted by Crippen LogP contribution is -2.21. The van der Waals surface area contributed by atoms with Crippen LogP contribution in [0.4, 0.5) is 0 Å². The Morgan fingerprint density at radius 2 is 1.96 bits per heavy atom. The van der Waals surface area contributed by atoms with Gasteiger partial charge < -0.3 is 14.8 Å². The van der Waals surface area contributed by atoms with Gasteiger partial charge in [0.15, 0.2) is 11.5 Å². The van der Waals surface area contributed by atoms with Gasteiger partial charge in [-0.3, -0.25) is 4.79 Å². The maximum absolute atomic E-state index is 12.3. The highest BCUT2D eigenvalue weighted by Crippen LogP contribution is 2.32. The van der Waals surface area contributed by atoms with E-state index in [2.05, 4.69) is 10.3 Å². The molecule has 4 rings (SSSR count). The molecule has 1 amide bonds. The molecule has 0 radical (unpaired) electrons. The van der Waals surface area contributed by atoms with Crippen LogP contribution in [0, 0.1) is 0 Å². The predicted molar refractivity (Wildman–Crippen MR) is 91.3 cm³/mol. The summed E-state index contributed by atoms with van der Waals surface area (Å²) in [6.45, 7) is 0.669. The number of carbonyl (C=O) groups excluding carboxylic acids is 1. The van der Waals surface area contributed by atoms with Crippen LogP contribution in [0.25, 0.3) is 10.6 Å². The van der Waals surface area contributed by atoms with Crippen molar-refractivity contribution in [3.8, 4) is 22.1 Å². The first-order valence-electron chi connectivity index (χ1n) is 7.47. The third-order valence-electron chi connectivity index (χ3n) is 3.64. The Bertz CT molecular complexity index is 877. The van der Waals surface area contributed by atoms with Crippen molar-refractivity contribution in [3.05, 3.63) is 65.2 Å². The van der Waals surface area contributed by atoms with E-state index in [-0.39, 0.29) is 12.7 Å². The molecule has 24 heavy (non-hydrogen) atoms. The molecule has 0 fully saturated rings. The number of hydrogen-bond donors (Lipinski definition) is 1. The van der Waals surface area contributed by atoms with Crippen molar-refractivity contribution < 1.29 is 14.3 Å². The Kier molecular flexibility index (Phi) is 3.88. The molecule has 2 aromatic carbocycles. The summed E-state index contributed by atoms with van der Waals surface area (Å²) in [5, 5.41) is 3.74. The molecule has 6 heteroatoms. The lowest BCUT2D eigenvalue weighted by Gasteiger charge is -2.04. The van der Waals surface area contributed by atoms with Crippen LogP contribution in [0.15, 0.2) is 54.7 Å². The Labute approximate surface area is 142 Å². The molecule has 1 aliphatic heterocycles. The first-order valence-corrected chi connectivity index (χ1v) is 8.29. The zero-order valence-electron chi connectivity index (χ0n) is 12.7. The number of fused-ring (bicyclic) bond motifs is 1. The molecule has 1 N–H and O–H groups in total.